The standard InChI is InChI=1S/C9H14O2/c1-3-5-6-7-8(4-2)9(10)11/h3-4,8H,1-2,5-7H2,(H,10,11)/t8-/m1/s1. The predicted octanol–water partition coefficient (Wildman–Crippen LogP) is 2.23. The fourth-order valence-corrected chi connectivity index (χ4v) is 0.824. The van der Waals surface area contributed by atoms with Crippen molar-refractivity contribution < 1.29 is 9.90 Å². The summed E-state index contributed by atoms with van der Waals surface area (Å²) in [6, 6.07) is 0. The predicted molar refractivity (Wildman–Crippen MR) is 45.4 cm³/mol. The van der Waals surface area contributed by atoms with Gasteiger partial charge in [0.25, 0.3) is 0 Å². The number of aliphatic carboxylic acids is 1. The highest BCUT2D eigenvalue weighted by atomic mass is 16.4. The Kier molecular flexibility index (Phi) is 5.17. The molecule has 0 unspecified atom stereocenters. The summed E-state index contributed by atoms with van der Waals surface area (Å²) in [4.78, 5) is 10.4. The van der Waals surface area contributed by atoms with E-state index in [-0.39, 0.29) is 0 Å². The van der Waals surface area contributed by atoms with Crippen molar-refractivity contribution in [3.8, 4) is 0 Å². The zero-order chi connectivity index (χ0) is 8.69. The van der Waals surface area contributed by atoms with Gasteiger partial charge >= 0.3 is 5.97 Å². The van der Waals surface area contributed by atoms with E-state index in [0.29, 0.717) is 6.42 Å². The van der Waals surface area contributed by atoms with Crippen LogP contribution in [-0.2, 0) is 4.79 Å². The van der Waals surface area contributed by atoms with E-state index in [1.165, 1.54) is 6.08 Å². The minimum absolute atomic E-state index is 0.394. The number of hydrogen-bond acceptors (Lipinski definition) is 1. The molecule has 0 aromatic carbocycles. The minimum Gasteiger partial charge on any atom is -0.481 e. The van der Waals surface area contributed by atoms with Gasteiger partial charge in [-0.05, 0) is 19.3 Å². The molecule has 0 aliphatic heterocycles. The van der Waals surface area contributed by atoms with Crippen LogP contribution in [0.3, 0.4) is 0 Å². The van der Waals surface area contributed by atoms with Crippen molar-refractivity contribution >= 4 is 5.97 Å². The molecule has 0 amide bonds. The normalized spacial score (nSPS) is 12.0. The van der Waals surface area contributed by atoms with Gasteiger partial charge in [0.1, 0.15) is 0 Å². The lowest BCUT2D eigenvalue weighted by Gasteiger charge is -2.04. The Morgan fingerprint density at radius 1 is 1.55 bits per heavy atom. The van der Waals surface area contributed by atoms with E-state index in [2.05, 4.69) is 13.2 Å². The molecule has 0 aliphatic rings. The van der Waals surface area contributed by atoms with Crippen molar-refractivity contribution in [2.45, 2.75) is 19.3 Å². The highest BCUT2D eigenvalue weighted by Gasteiger charge is 2.10. The lowest BCUT2D eigenvalue weighted by Crippen LogP contribution is -2.09. The quantitative estimate of drug-likeness (QED) is 0.470. The van der Waals surface area contributed by atoms with E-state index in [4.69, 9.17) is 5.11 Å². The highest BCUT2D eigenvalue weighted by Crippen LogP contribution is 2.09. The number of carboxylic acid groups (broad SMARTS) is 1. The molecule has 2 nitrogen and oxygen atoms in total. The number of carbonyl (C=O) groups is 1. The first kappa shape index (κ1) is 9.95. The fourth-order valence-electron chi connectivity index (χ4n) is 0.824. The lowest BCUT2D eigenvalue weighted by molar-refractivity contribution is -0.140. The molecular weight excluding hydrogens is 140 g/mol. The first-order chi connectivity index (χ1) is 5.22. The van der Waals surface area contributed by atoms with Crippen LogP contribution < -0.4 is 0 Å². The van der Waals surface area contributed by atoms with Gasteiger partial charge in [0.05, 0.1) is 5.92 Å². The van der Waals surface area contributed by atoms with E-state index in [0.717, 1.165) is 12.8 Å². The molecule has 1 N–H and O–H groups in total. The van der Waals surface area contributed by atoms with Crippen LogP contribution in [-0.4, -0.2) is 11.1 Å². The molecule has 0 aromatic heterocycles. The summed E-state index contributed by atoms with van der Waals surface area (Å²) in [6.45, 7) is 7.01. The number of hydrogen-bond donors (Lipinski definition) is 1. The van der Waals surface area contributed by atoms with Crippen molar-refractivity contribution in [1.29, 1.82) is 0 Å². The highest BCUT2D eigenvalue weighted by molar-refractivity contribution is 5.71. The molecular formula is C9H14O2. The van der Waals surface area contributed by atoms with Gasteiger partial charge in [0.15, 0.2) is 0 Å². The molecule has 0 aliphatic carbocycles. The Bertz CT molecular complexity index is 150. The van der Waals surface area contributed by atoms with Crippen LogP contribution in [0.15, 0.2) is 25.3 Å². The summed E-state index contributed by atoms with van der Waals surface area (Å²) in [6.07, 6.45) is 5.67. The SMILES string of the molecule is C=CCCC[C@@H](C=C)C(=O)O. The molecule has 1 atom stereocenters. The molecule has 0 radical (unpaired) electrons. The molecule has 0 bridgehead atoms. The Morgan fingerprint density at radius 3 is 2.55 bits per heavy atom. The van der Waals surface area contributed by atoms with Crippen LogP contribution in [0.4, 0.5) is 0 Å². The van der Waals surface area contributed by atoms with E-state index in [1.807, 2.05) is 0 Å². The first-order valence-corrected chi connectivity index (χ1v) is 3.68. The second-order valence-corrected chi connectivity index (χ2v) is 2.40. The third kappa shape index (κ3) is 4.37. The number of carboxylic acids is 1. The molecule has 0 aromatic rings. The van der Waals surface area contributed by atoms with Crippen molar-refractivity contribution in [3.63, 3.8) is 0 Å². The first-order valence-electron chi connectivity index (χ1n) is 3.68. The molecule has 0 fully saturated rings. The van der Waals surface area contributed by atoms with Gasteiger partial charge in [0.2, 0.25) is 0 Å². The fraction of sp³-hybridized carbons (Fsp3) is 0.444. The molecule has 0 saturated carbocycles. The molecule has 0 spiro atoms. The van der Waals surface area contributed by atoms with Crippen LogP contribution in [0.1, 0.15) is 19.3 Å². The zero-order valence-corrected chi connectivity index (χ0v) is 6.62. The average molecular weight is 154 g/mol. The van der Waals surface area contributed by atoms with Gasteiger partial charge in [-0.15, -0.1) is 13.2 Å². The van der Waals surface area contributed by atoms with Crippen LogP contribution >= 0.6 is 0 Å². The third-order valence-electron chi connectivity index (χ3n) is 1.53. The molecule has 62 valence electrons. The van der Waals surface area contributed by atoms with Gasteiger partial charge in [-0.3, -0.25) is 4.79 Å². The Morgan fingerprint density at radius 2 is 2.18 bits per heavy atom. The van der Waals surface area contributed by atoms with Crippen molar-refractivity contribution in [2.75, 3.05) is 0 Å². The van der Waals surface area contributed by atoms with Crippen molar-refractivity contribution in [2.24, 2.45) is 5.92 Å². The van der Waals surface area contributed by atoms with Gasteiger partial charge in [-0.2, -0.15) is 0 Å². The minimum atomic E-state index is -0.788. The van der Waals surface area contributed by atoms with Crippen LogP contribution in [0.5, 0.6) is 0 Å². The molecule has 0 heterocycles. The zero-order valence-electron chi connectivity index (χ0n) is 6.62. The average Bonchev–Trinajstić information content (AvgIpc) is 1.97. The Balaban J connectivity index is 3.60. The third-order valence-corrected chi connectivity index (χ3v) is 1.53. The monoisotopic (exact) mass is 154 g/mol. The lowest BCUT2D eigenvalue weighted by atomic mass is 10.0. The van der Waals surface area contributed by atoms with Gasteiger partial charge in [0, 0.05) is 0 Å². The van der Waals surface area contributed by atoms with Crippen LogP contribution in [0.2, 0.25) is 0 Å². The van der Waals surface area contributed by atoms with Gasteiger partial charge < -0.3 is 5.11 Å². The topological polar surface area (TPSA) is 37.3 Å². The summed E-state index contributed by atoms with van der Waals surface area (Å²) in [5, 5.41) is 8.58. The summed E-state index contributed by atoms with van der Waals surface area (Å²) in [5.41, 5.74) is 0. The van der Waals surface area contributed by atoms with Crippen molar-refractivity contribution in [3.05, 3.63) is 25.3 Å². The maximum absolute atomic E-state index is 10.4. The summed E-state index contributed by atoms with van der Waals surface area (Å²) in [5.74, 6) is -1.18. The van der Waals surface area contributed by atoms with E-state index >= 15 is 0 Å². The number of rotatable bonds is 6. The van der Waals surface area contributed by atoms with Gasteiger partial charge in [-0.25, -0.2) is 0 Å². The van der Waals surface area contributed by atoms with E-state index in [1.54, 1.807) is 6.08 Å². The largest absolute Gasteiger partial charge is 0.481 e. The van der Waals surface area contributed by atoms with Crippen molar-refractivity contribution in [1.82, 2.24) is 0 Å². The molecule has 0 saturated heterocycles. The summed E-state index contributed by atoms with van der Waals surface area (Å²) < 4.78 is 0. The smallest absolute Gasteiger partial charge is 0.310 e. The Hall–Kier alpha value is -1.05. The summed E-state index contributed by atoms with van der Waals surface area (Å²) >= 11 is 0. The van der Waals surface area contributed by atoms with E-state index < -0.39 is 11.9 Å². The molecule has 0 rings (SSSR count). The maximum atomic E-state index is 10.4. The van der Waals surface area contributed by atoms with Crippen LogP contribution in [0.25, 0.3) is 0 Å². The molecule has 11 heavy (non-hydrogen) atoms. The number of allylic oxidation sites excluding steroid dienone is 1. The Labute approximate surface area is 67.2 Å². The number of unbranched alkanes of at least 4 members (excludes halogenated alkanes) is 1. The summed E-state index contributed by atoms with van der Waals surface area (Å²) in [7, 11) is 0. The second kappa shape index (κ2) is 5.71. The van der Waals surface area contributed by atoms with Gasteiger partial charge in [-0.1, -0.05) is 12.2 Å². The molecule has 2 heteroatoms. The second-order valence-electron chi connectivity index (χ2n) is 2.40. The maximum Gasteiger partial charge on any atom is 0.310 e. The van der Waals surface area contributed by atoms with Crippen LogP contribution in [0, 0.1) is 5.92 Å². The van der Waals surface area contributed by atoms with E-state index in [9.17, 15) is 4.79 Å².